The minimum absolute atomic E-state index is 0.856. The summed E-state index contributed by atoms with van der Waals surface area (Å²) in [7, 11) is 2.73. The second-order valence-electron chi connectivity index (χ2n) is 3.83. The van der Waals surface area contributed by atoms with Crippen LogP contribution in [0, 0.1) is 0 Å². The van der Waals surface area contributed by atoms with Crippen molar-refractivity contribution in [2.24, 2.45) is 0 Å². The Morgan fingerprint density at radius 2 is 2.18 bits per heavy atom. The zero-order chi connectivity index (χ0) is 12.7. The lowest BCUT2D eigenvalue weighted by atomic mass is 10.1. The van der Waals surface area contributed by atoms with Crippen LogP contribution in [-0.2, 0) is 6.54 Å². The largest absolute Gasteiger partial charge is 0.385 e. The third-order valence-electron chi connectivity index (χ3n) is 2.49. The van der Waals surface area contributed by atoms with Crippen LogP contribution in [0.4, 0.5) is 5.69 Å². The zero-order valence-electron chi connectivity index (χ0n) is 10.4. The molecule has 0 heterocycles. The maximum absolute atomic E-state index is 3.86. The molecule has 0 aliphatic heterocycles. The molecule has 0 radical (unpaired) electrons. The van der Waals surface area contributed by atoms with Gasteiger partial charge in [-0.15, -0.1) is 6.58 Å². The molecule has 1 N–H and O–H groups in total. The zero-order valence-corrected chi connectivity index (χ0v) is 11.6. The lowest BCUT2D eigenvalue weighted by molar-refractivity contribution is 0.516. The van der Waals surface area contributed by atoms with Gasteiger partial charge in [-0.2, -0.15) is 0 Å². The summed E-state index contributed by atoms with van der Waals surface area (Å²) >= 11 is 0. The minimum atomic E-state index is 0.856. The molecular formula is C14H21N2P. The first-order valence-corrected chi connectivity index (χ1v) is 6.33. The summed E-state index contributed by atoms with van der Waals surface area (Å²) in [5.41, 5.74) is 3.61. The summed E-state index contributed by atoms with van der Waals surface area (Å²) in [5.74, 6) is 0. The van der Waals surface area contributed by atoms with E-state index in [-0.39, 0.29) is 0 Å². The SMILES string of the molecule is C=CCN(P)Cc1cccc(C=C)c1NCC. The molecule has 0 saturated heterocycles. The molecule has 1 aromatic rings. The minimum Gasteiger partial charge on any atom is -0.385 e. The Morgan fingerprint density at radius 1 is 1.41 bits per heavy atom. The molecule has 0 aliphatic rings. The van der Waals surface area contributed by atoms with Gasteiger partial charge in [0.25, 0.3) is 0 Å². The Morgan fingerprint density at radius 3 is 2.76 bits per heavy atom. The number of para-hydroxylation sites is 1. The number of benzene rings is 1. The van der Waals surface area contributed by atoms with E-state index in [2.05, 4.69) is 57.7 Å². The van der Waals surface area contributed by atoms with E-state index in [0.29, 0.717) is 0 Å². The molecule has 17 heavy (non-hydrogen) atoms. The second-order valence-corrected chi connectivity index (χ2v) is 4.56. The molecule has 1 unspecified atom stereocenters. The van der Waals surface area contributed by atoms with Gasteiger partial charge in [0.05, 0.1) is 0 Å². The van der Waals surface area contributed by atoms with E-state index in [4.69, 9.17) is 0 Å². The van der Waals surface area contributed by atoms with Crippen molar-refractivity contribution in [2.45, 2.75) is 13.5 Å². The van der Waals surface area contributed by atoms with Crippen LogP contribution in [0.1, 0.15) is 18.1 Å². The number of nitrogens with zero attached hydrogens (tertiary/aromatic N) is 1. The van der Waals surface area contributed by atoms with Crippen molar-refractivity contribution in [3.05, 3.63) is 48.6 Å². The van der Waals surface area contributed by atoms with Crippen molar-refractivity contribution in [3.63, 3.8) is 0 Å². The highest BCUT2D eigenvalue weighted by molar-refractivity contribution is 7.13. The molecular weight excluding hydrogens is 227 g/mol. The predicted octanol–water partition coefficient (Wildman–Crippen LogP) is 3.54. The average Bonchev–Trinajstić information content (AvgIpc) is 2.32. The van der Waals surface area contributed by atoms with Crippen molar-refractivity contribution in [1.29, 1.82) is 0 Å². The quantitative estimate of drug-likeness (QED) is 0.586. The van der Waals surface area contributed by atoms with Crippen LogP contribution in [-0.4, -0.2) is 17.8 Å². The normalized spacial score (nSPS) is 10.3. The Labute approximate surface area is 107 Å². The number of anilines is 1. The van der Waals surface area contributed by atoms with E-state index < -0.39 is 0 Å². The maximum Gasteiger partial charge on any atom is 0.0459 e. The predicted molar refractivity (Wildman–Crippen MR) is 81.0 cm³/mol. The Hall–Kier alpha value is -1.11. The Bertz CT molecular complexity index is 388. The number of hydrogen-bond acceptors (Lipinski definition) is 2. The van der Waals surface area contributed by atoms with Crippen LogP contribution >= 0.6 is 9.39 Å². The van der Waals surface area contributed by atoms with Crippen LogP contribution in [0.5, 0.6) is 0 Å². The molecule has 0 aromatic heterocycles. The summed E-state index contributed by atoms with van der Waals surface area (Å²) in [4.78, 5) is 0. The summed E-state index contributed by atoms with van der Waals surface area (Å²) in [5, 5.41) is 3.41. The molecule has 0 bridgehead atoms. The van der Waals surface area contributed by atoms with Gasteiger partial charge >= 0.3 is 0 Å². The Balaban J connectivity index is 2.96. The molecule has 0 fully saturated rings. The molecule has 2 nitrogen and oxygen atoms in total. The molecule has 1 atom stereocenters. The molecule has 0 saturated carbocycles. The Kier molecular flexibility index (Phi) is 5.96. The highest BCUT2D eigenvalue weighted by Gasteiger charge is 2.07. The first-order valence-electron chi connectivity index (χ1n) is 5.81. The van der Waals surface area contributed by atoms with Gasteiger partial charge in [0.2, 0.25) is 0 Å². The lowest BCUT2D eigenvalue weighted by Crippen LogP contribution is -2.13. The molecule has 0 amide bonds. The number of nitrogens with one attached hydrogen (secondary N) is 1. The van der Waals surface area contributed by atoms with Gasteiger partial charge in [0.1, 0.15) is 0 Å². The third-order valence-corrected chi connectivity index (χ3v) is 2.89. The number of hydrogen-bond donors (Lipinski definition) is 1. The fraction of sp³-hybridized carbons (Fsp3) is 0.286. The summed E-state index contributed by atoms with van der Waals surface area (Å²) in [6.45, 7) is 12.4. The van der Waals surface area contributed by atoms with E-state index in [0.717, 1.165) is 25.2 Å². The molecule has 1 aromatic carbocycles. The van der Waals surface area contributed by atoms with Crippen LogP contribution in [0.3, 0.4) is 0 Å². The van der Waals surface area contributed by atoms with Crippen molar-refractivity contribution in [2.75, 3.05) is 18.4 Å². The monoisotopic (exact) mass is 248 g/mol. The highest BCUT2D eigenvalue weighted by Crippen LogP contribution is 2.24. The maximum atomic E-state index is 3.86. The molecule has 1 rings (SSSR count). The van der Waals surface area contributed by atoms with Gasteiger partial charge < -0.3 is 5.32 Å². The van der Waals surface area contributed by atoms with E-state index in [1.54, 1.807) is 0 Å². The standard InChI is InChI=1S/C14H21N2P/c1-4-10-16(17)11-13-9-7-8-12(5-2)14(13)15-6-3/h4-5,7-9,15H,1-2,6,10-11,17H2,3H3. The summed E-state index contributed by atoms with van der Waals surface area (Å²) < 4.78 is 2.15. The fourth-order valence-electron chi connectivity index (χ4n) is 1.76. The van der Waals surface area contributed by atoms with E-state index >= 15 is 0 Å². The highest BCUT2D eigenvalue weighted by atomic mass is 31.0. The fourth-order valence-corrected chi connectivity index (χ4v) is 2.11. The van der Waals surface area contributed by atoms with Crippen molar-refractivity contribution >= 4 is 21.2 Å². The molecule has 92 valence electrons. The van der Waals surface area contributed by atoms with Crippen LogP contribution in [0.2, 0.25) is 0 Å². The van der Waals surface area contributed by atoms with Crippen LogP contribution in [0.15, 0.2) is 37.4 Å². The van der Waals surface area contributed by atoms with Crippen molar-refractivity contribution in [1.82, 2.24) is 4.67 Å². The molecule has 0 spiro atoms. The van der Waals surface area contributed by atoms with Gasteiger partial charge in [0.15, 0.2) is 0 Å². The van der Waals surface area contributed by atoms with Crippen molar-refractivity contribution in [3.8, 4) is 0 Å². The topological polar surface area (TPSA) is 15.3 Å². The van der Waals surface area contributed by atoms with E-state index in [9.17, 15) is 0 Å². The third kappa shape index (κ3) is 3.99. The van der Waals surface area contributed by atoms with Crippen LogP contribution in [0.25, 0.3) is 6.08 Å². The smallest absolute Gasteiger partial charge is 0.0459 e. The van der Waals surface area contributed by atoms with Crippen LogP contribution < -0.4 is 5.32 Å². The summed E-state index contributed by atoms with van der Waals surface area (Å²) in [6, 6.07) is 6.29. The molecule has 3 heteroatoms. The van der Waals surface area contributed by atoms with Gasteiger partial charge in [0, 0.05) is 25.3 Å². The van der Waals surface area contributed by atoms with Gasteiger partial charge in [-0.3, -0.25) is 4.67 Å². The lowest BCUT2D eigenvalue weighted by Gasteiger charge is -2.19. The van der Waals surface area contributed by atoms with Crippen molar-refractivity contribution < 1.29 is 0 Å². The van der Waals surface area contributed by atoms with Gasteiger partial charge in [-0.1, -0.05) is 46.3 Å². The first kappa shape index (κ1) is 14.0. The average molecular weight is 248 g/mol. The second kappa shape index (κ2) is 7.26. The first-order chi connectivity index (χ1) is 8.22. The van der Waals surface area contributed by atoms with Gasteiger partial charge in [-0.05, 0) is 18.1 Å². The molecule has 0 aliphatic carbocycles. The van der Waals surface area contributed by atoms with Gasteiger partial charge in [-0.25, -0.2) is 0 Å². The van der Waals surface area contributed by atoms with E-state index in [1.807, 2.05) is 12.2 Å². The summed E-state index contributed by atoms with van der Waals surface area (Å²) in [6.07, 6.45) is 3.79. The van der Waals surface area contributed by atoms with E-state index in [1.165, 1.54) is 11.3 Å². The number of rotatable bonds is 7.